The summed E-state index contributed by atoms with van der Waals surface area (Å²) in [5.74, 6) is 0.894. The van der Waals surface area contributed by atoms with Crippen LogP contribution < -0.4 is 10.6 Å². The van der Waals surface area contributed by atoms with Crippen LogP contribution in [0.15, 0.2) is 53.8 Å². The number of amides is 1. The molecule has 2 aliphatic heterocycles. The van der Waals surface area contributed by atoms with Crippen LogP contribution in [0.25, 0.3) is 0 Å². The van der Waals surface area contributed by atoms with Gasteiger partial charge in [-0.15, -0.1) is 0 Å². The van der Waals surface area contributed by atoms with E-state index in [-0.39, 0.29) is 18.3 Å². The van der Waals surface area contributed by atoms with Crippen molar-refractivity contribution in [3.8, 4) is 0 Å². The van der Waals surface area contributed by atoms with E-state index in [1.54, 1.807) is 17.3 Å². The van der Waals surface area contributed by atoms with Crippen LogP contribution in [0.1, 0.15) is 37.1 Å². The number of hydrogen-bond donors (Lipinski definition) is 2. The molecule has 1 saturated heterocycles. The number of piperidine rings is 1. The van der Waals surface area contributed by atoms with Crippen molar-refractivity contribution in [3.05, 3.63) is 59.9 Å². The Morgan fingerprint density at radius 2 is 1.96 bits per heavy atom. The number of hydrogen-bond acceptors (Lipinski definition) is 6. The molecule has 7 nitrogen and oxygen atoms in total. The predicted octanol–water partition coefficient (Wildman–Crippen LogP) is 3.16. The van der Waals surface area contributed by atoms with Crippen LogP contribution in [-0.4, -0.2) is 47.6 Å². The minimum atomic E-state index is -0.219. The lowest BCUT2D eigenvalue weighted by Gasteiger charge is -2.34. The van der Waals surface area contributed by atoms with Crippen molar-refractivity contribution in [1.82, 2.24) is 15.2 Å². The lowest BCUT2D eigenvalue weighted by Crippen LogP contribution is -2.47. The van der Waals surface area contributed by atoms with Gasteiger partial charge in [0.15, 0.2) is 0 Å². The Morgan fingerprint density at radius 3 is 2.71 bits per heavy atom. The minimum absolute atomic E-state index is 0.153. The number of rotatable bonds is 3. The van der Waals surface area contributed by atoms with Gasteiger partial charge in [0.1, 0.15) is 12.0 Å². The van der Waals surface area contributed by atoms with E-state index in [9.17, 15) is 4.79 Å². The summed E-state index contributed by atoms with van der Waals surface area (Å²) >= 11 is 0. The van der Waals surface area contributed by atoms with Crippen molar-refractivity contribution in [2.45, 2.75) is 32.0 Å². The second-order valence-electron chi connectivity index (χ2n) is 6.96. The van der Waals surface area contributed by atoms with E-state index < -0.39 is 0 Å². The van der Waals surface area contributed by atoms with E-state index in [1.165, 1.54) is 0 Å². The van der Waals surface area contributed by atoms with E-state index in [0.717, 1.165) is 35.5 Å². The summed E-state index contributed by atoms with van der Waals surface area (Å²) in [5, 5.41) is 7.11. The molecule has 28 heavy (non-hydrogen) atoms. The maximum Gasteiger partial charge on any atom is 0.409 e. The summed E-state index contributed by atoms with van der Waals surface area (Å²) in [4.78, 5) is 22.7. The Kier molecular flexibility index (Phi) is 5.41. The second-order valence-corrected chi connectivity index (χ2v) is 6.96. The van der Waals surface area contributed by atoms with E-state index in [0.29, 0.717) is 19.7 Å². The van der Waals surface area contributed by atoms with Crippen LogP contribution in [0.3, 0.4) is 0 Å². The number of likely N-dealkylation sites (tertiary alicyclic amines) is 1. The van der Waals surface area contributed by atoms with E-state index in [1.807, 2.05) is 31.2 Å². The standard InChI is InChI=1S/C21H25N5O2/c1-2-28-21(27)26-13-9-16(10-14-26)23-20-17-5-3-4-6-18(17)24-19(25-20)15-7-11-22-12-8-15/h3-8,11-12,16,19,24H,2,9-10,13-14H2,1H3,(H,23,25). The summed E-state index contributed by atoms with van der Waals surface area (Å²) in [7, 11) is 0. The number of pyridine rings is 1. The number of fused-ring (bicyclic) bond motifs is 1. The molecule has 1 fully saturated rings. The molecule has 3 heterocycles. The quantitative estimate of drug-likeness (QED) is 0.856. The third-order valence-electron chi connectivity index (χ3n) is 5.12. The molecule has 2 aliphatic rings. The van der Waals surface area contributed by atoms with Crippen molar-refractivity contribution in [2.75, 3.05) is 25.0 Å². The molecule has 1 unspecified atom stereocenters. The summed E-state index contributed by atoms with van der Waals surface area (Å²) in [6.45, 7) is 3.63. The molecule has 0 spiro atoms. The zero-order valence-electron chi connectivity index (χ0n) is 16.0. The van der Waals surface area contributed by atoms with Crippen LogP contribution in [0, 0.1) is 0 Å². The average molecular weight is 379 g/mol. The van der Waals surface area contributed by atoms with Gasteiger partial charge in [0.2, 0.25) is 0 Å². The Morgan fingerprint density at radius 1 is 1.21 bits per heavy atom. The number of para-hydroxylation sites is 1. The molecule has 7 heteroatoms. The van der Waals surface area contributed by atoms with E-state index in [4.69, 9.17) is 9.73 Å². The largest absolute Gasteiger partial charge is 0.450 e. The molecule has 0 saturated carbocycles. The van der Waals surface area contributed by atoms with Gasteiger partial charge in [0, 0.05) is 42.8 Å². The zero-order valence-corrected chi connectivity index (χ0v) is 16.0. The molecule has 0 radical (unpaired) electrons. The van der Waals surface area contributed by atoms with Crippen LogP contribution in [0.2, 0.25) is 0 Å². The third kappa shape index (κ3) is 3.93. The van der Waals surface area contributed by atoms with Crippen molar-refractivity contribution in [3.63, 3.8) is 0 Å². The maximum absolute atomic E-state index is 11.9. The van der Waals surface area contributed by atoms with Gasteiger partial charge < -0.3 is 20.3 Å². The summed E-state index contributed by atoms with van der Waals surface area (Å²) < 4.78 is 5.11. The van der Waals surface area contributed by atoms with Crippen LogP contribution >= 0.6 is 0 Å². The molecule has 2 N–H and O–H groups in total. The first kappa shape index (κ1) is 18.3. The van der Waals surface area contributed by atoms with Gasteiger partial charge in [-0.2, -0.15) is 0 Å². The Labute approximate surface area is 164 Å². The summed E-state index contributed by atoms with van der Waals surface area (Å²) in [6.07, 6.45) is 4.93. The van der Waals surface area contributed by atoms with Gasteiger partial charge in [0.25, 0.3) is 0 Å². The van der Waals surface area contributed by atoms with Crippen LogP contribution in [0.5, 0.6) is 0 Å². The number of amidine groups is 1. The molecule has 146 valence electrons. The van der Waals surface area contributed by atoms with Gasteiger partial charge in [-0.3, -0.25) is 4.98 Å². The molecular weight excluding hydrogens is 354 g/mol. The van der Waals surface area contributed by atoms with Crippen molar-refractivity contribution in [1.29, 1.82) is 0 Å². The van der Waals surface area contributed by atoms with Crippen LogP contribution in [-0.2, 0) is 4.74 Å². The second kappa shape index (κ2) is 8.29. The summed E-state index contributed by atoms with van der Waals surface area (Å²) in [5.41, 5.74) is 3.20. The predicted molar refractivity (Wildman–Crippen MR) is 108 cm³/mol. The fraction of sp³-hybridized carbons (Fsp3) is 0.381. The molecule has 4 rings (SSSR count). The number of carbonyl (C=O) groups excluding carboxylic acids is 1. The third-order valence-corrected chi connectivity index (χ3v) is 5.12. The SMILES string of the molecule is CCOC(=O)N1CCC(NC2=NC(c3ccncc3)Nc3ccccc32)CC1. The lowest BCUT2D eigenvalue weighted by atomic mass is 10.0. The fourth-order valence-corrected chi connectivity index (χ4v) is 3.63. The molecule has 0 aliphatic carbocycles. The zero-order chi connectivity index (χ0) is 19.3. The highest BCUT2D eigenvalue weighted by atomic mass is 16.6. The lowest BCUT2D eigenvalue weighted by molar-refractivity contribution is 0.0963. The van der Waals surface area contributed by atoms with Gasteiger partial charge in [-0.1, -0.05) is 12.1 Å². The van der Waals surface area contributed by atoms with Crippen molar-refractivity contribution >= 4 is 17.6 Å². The number of aromatic nitrogens is 1. The van der Waals surface area contributed by atoms with Crippen LogP contribution in [0.4, 0.5) is 10.5 Å². The highest BCUT2D eigenvalue weighted by molar-refractivity contribution is 6.05. The average Bonchev–Trinajstić information content (AvgIpc) is 2.75. The summed E-state index contributed by atoms with van der Waals surface area (Å²) in [6, 6.07) is 12.4. The Bertz CT molecular complexity index is 847. The fourth-order valence-electron chi connectivity index (χ4n) is 3.63. The smallest absolute Gasteiger partial charge is 0.409 e. The first-order valence-electron chi connectivity index (χ1n) is 9.76. The Balaban J connectivity index is 1.49. The number of benzene rings is 1. The number of aliphatic imine (C=N–C) groups is 1. The molecule has 1 aromatic carbocycles. The monoisotopic (exact) mass is 379 g/mol. The minimum Gasteiger partial charge on any atom is -0.450 e. The van der Waals surface area contributed by atoms with E-state index in [2.05, 4.69) is 27.8 Å². The normalized spacial score (nSPS) is 19.2. The number of carbonyl (C=O) groups is 1. The van der Waals surface area contributed by atoms with Gasteiger partial charge >= 0.3 is 6.09 Å². The molecule has 1 atom stereocenters. The molecule has 0 bridgehead atoms. The van der Waals surface area contributed by atoms with Crippen molar-refractivity contribution < 1.29 is 9.53 Å². The molecule has 2 aromatic rings. The first-order valence-corrected chi connectivity index (χ1v) is 9.76. The first-order chi connectivity index (χ1) is 13.7. The van der Waals surface area contributed by atoms with Gasteiger partial charge in [-0.05, 0) is 49.6 Å². The van der Waals surface area contributed by atoms with Gasteiger partial charge in [0.05, 0.1) is 6.61 Å². The maximum atomic E-state index is 11.9. The topological polar surface area (TPSA) is 78.8 Å². The highest BCUT2D eigenvalue weighted by Gasteiger charge is 2.27. The highest BCUT2D eigenvalue weighted by Crippen LogP contribution is 2.29. The number of nitrogens with zero attached hydrogens (tertiary/aromatic N) is 3. The van der Waals surface area contributed by atoms with Gasteiger partial charge in [-0.25, -0.2) is 9.79 Å². The number of nitrogens with one attached hydrogen (secondary N) is 2. The molecule has 1 aromatic heterocycles. The molecule has 1 amide bonds. The Hall–Kier alpha value is -3.09. The van der Waals surface area contributed by atoms with Crippen molar-refractivity contribution in [2.24, 2.45) is 4.99 Å². The van der Waals surface area contributed by atoms with E-state index >= 15 is 0 Å². The number of anilines is 1. The molecular formula is C21H25N5O2. The number of ether oxygens (including phenoxy) is 1.